The van der Waals surface area contributed by atoms with Gasteiger partial charge in [0, 0.05) is 32.9 Å². The SMILES string of the molecule is CCOCCOCC(O)CNCc1ccn(C)n1. The van der Waals surface area contributed by atoms with Gasteiger partial charge in [-0.15, -0.1) is 0 Å². The molecule has 2 N–H and O–H groups in total. The van der Waals surface area contributed by atoms with Crippen molar-refractivity contribution in [3.8, 4) is 0 Å². The Labute approximate surface area is 108 Å². The van der Waals surface area contributed by atoms with Crippen molar-refractivity contribution in [2.24, 2.45) is 7.05 Å². The van der Waals surface area contributed by atoms with Crippen LogP contribution in [0, 0.1) is 0 Å². The summed E-state index contributed by atoms with van der Waals surface area (Å²) in [5.41, 5.74) is 0.960. The van der Waals surface area contributed by atoms with Gasteiger partial charge in [-0.2, -0.15) is 5.10 Å². The van der Waals surface area contributed by atoms with Crippen LogP contribution in [0.5, 0.6) is 0 Å². The molecule has 0 saturated heterocycles. The molecule has 6 heteroatoms. The minimum atomic E-state index is -0.504. The quantitative estimate of drug-likeness (QED) is 0.574. The molecule has 1 unspecified atom stereocenters. The molecule has 0 radical (unpaired) electrons. The van der Waals surface area contributed by atoms with Gasteiger partial charge in [-0.05, 0) is 13.0 Å². The van der Waals surface area contributed by atoms with Gasteiger partial charge in [0.05, 0.1) is 31.6 Å². The van der Waals surface area contributed by atoms with Crippen molar-refractivity contribution < 1.29 is 14.6 Å². The van der Waals surface area contributed by atoms with Crippen molar-refractivity contribution in [1.29, 1.82) is 0 Å². The summed E-state index contributed by atoms with van der Waals surface area (Å²) in [5, 5.41) is 17.0. The Balaban J connectivity index is 1.98. The number of rotatable bonds is 10. The van der Waals surface area contributed by atoms with Gasteiger partial charge in [-0.3, -0.25) is 4.68 Å². The van der Waals surface area contributed by atoms with Gasteiger partial charge in [0.25, 0.3) is 0 Å². The van der Waals surface area contributed by atoms with Crippen LogP contribution in [0.2, 0.25) is 0 Å². The van der Waals surface area contributed by atoms with E-state index in [1.165, 1.54) is 0 Å². The molecular formula is C12H23N3O3. The van der Waals surface area contributed by atoms with Crippen molar-refractivity contribution in [3.05, 3.63) is 18.0 Å². The van der Waals surface area contributed by atoms with E-state index in [0.717, 1.165) is 5.69 Å². The monoisotopic (exact) mass is 257 g/mol. The smallest absolute Gasteiger partial charge is 0.0897 e. The average Bonchev–Trinajstić information content (AvgIpc) is 2.75. The number of aliphatic hydroxyl groups is 1. The molecule has 0 bridgehead atoms. The minimum Gasteiger partial charge on any atom is -0.389 e. The van der Waals surface area contributed by atoms with E-state index in [-0.39, 0.29) is 0 Å². The lowest BCUT2D eigenvalue weighted by atomic mass is 10.3. The fourth-order valence-corrected chi connectivity index (χ4v) is 1.46. The van der Waals surface area contributed by atoms with Gasteiger partial charge >= 0.3 is 0 Å². The highest BCUT2D eigenvalue weighted by Crippen LogP contribution is 1.93. The van der Waals surface area contributed by atoms with Gasteiger partial charge in [0.1, 0.15) is 0 Å². The number of hydrogen-bond acceptors (Lipinski definition) is 5. The average molecular weight is 257 g/mol. The summed E-state index contributed by atoms with van der Waals surface area (Å²) in [6, 6.07) is 1.94. The molecule has 1 atom stereocenters. The van der Waals surface area contributed by atoms with Gasteiger partial charge in [0.2, 0.25) is 0 Å². The van der Waals surface area contributed by atoms with Crippen LogP contribution in [0.4, 0.5) is 0 Å². The first-order chi connectivity index (χ1) is 8.72. The second kappa shape index (κ2) is 9.04. The Bertz CT molecular complexity index is 317. The van der Waals surface area contributed by atoms with Gasteiger partial charge in [0.15, 0.2) is 0 Å². The van der Waals surface area contributed by atoms with Crippen LogP contribution in [0.3, 0.4) is 0 Å². The molecule has 0 saturated carbocycles. The van der Waals surface area contributed by atoms with E-state index < -0.39 is 6.10 Å². The Morgan fingerprint density at radius 2 is 2.22 bits per heavy atom. The molecule has 0 spiro atoms. The maximum atomic E-state index is 9.63. The molecule has 0 aromatic carbocycles. The van der Waals surface area contributed by atoms with E-state index in [4.69, 9.17) is 9.47 Å². The molecule has 1 aromatic rings. The number of nitrogens with one attached hydrogen (secondary N) is 1. The fraction of sp³-hybridized carbons (Fsp3) is 0.750. The van der Waals surface area contributed by atoms with Gasteiger partial charge in [-0.25, -0.2) is 0 Å². The zero-order valence-corrected chi connectivity index (χ0v) is 11.1. The van der Waals surface area contributed by atoms with Crippen LogP contribution in [-0.4, -0.2) is 54.0 Å². The molecule has 1 rings (SSSR count). The molecule has 0 amide bonds. The van der Waals surface area contributed by atoms with E-state index in [1.807, 2.05) is 26.2 Å². The first-order valence-corrected chi connectivity index (χ1v) is 6.25. The van der Waals surface area contributed by atoms with Gasteiger partial charge in [-0.1, -0.05) is 0 Å². The Hall–Kier alpha value is -0.950. The van der Waals surface area contributed by atoms with Gasteiger partial charge < -0.3 is 19.9 Å². The van der Waals surface area contributed by atoms with Crippen LogP contribution < -0.4 is 5.32 Å². The summed E-state index contributed by atoms with van der Waals surface area (Å²) in [6.07, 6.45) is 1.39. The molecule has 1 aromatic heterocycles. The molecular weight excluding hydrogens is 234 g/mol. The summed E-state index contributed by atoms with van der Waals surface area (Å²) >= 11 is 0. The summed E-state index contributed by atoms with van der Waals surface area (Å²) in [4.78, 5) is 0. The van der Waals surface area contributed by atoms with Crippen molar-refractivity contribution in [1.82, 2.24) is 15.1 Å². The summed E-state index contributed by atoms with van der Waals surface area (Å²) < 4.78 is 12.1. The zero-order chi connectivity index (χ0) is 13.2. The second-order valence-electron chi connectivity index (χ2n) is 4.04. The van der Waals surface area contributed by atoms with Crippen LogP contribution in [0.25, 0.3) is 0 Å². The third kappa shape index (κ3) is 6.70. The first-order valence-electron chi connectivity index (χ1n) is 6.25. The van der Waals surface area contributed by atoms with Crippen molar-refractivity contribution in [2.45, 2.75) is 19.6 Å². The van der Waals surface area contributed by atoms with Crippen LogP contribution in [0.15, 0.2) is 12.3 Å². The lowest BCUT2D eigenvalue weighted by Crippen LogP contribution is -2.30. The van der Waals surface area contributed by atoms with E-state index in [1.54, 1.807) is 4.68 Å². The molecule has 0 aliphatic carbocycles. The van der Waals surface area contributed by atoms with Crippen LogP contribution >= 0.6 is 0 Å². The number of aliphatic hydroxyl groups excluding tert-OH is 1. The fourth-order valence-electron chi connectivity index (χ4n) is 1.46. The maximum Gasteiger partial charge on any atom is 0.0897 e. The van der Waals surface area contributed by atoms with Crippen LogP contribution in [-0.2, 0) is 23.1 Å². The van der Waals surface area contributed by atoms with Crippen LogP contribution in [0.1, 0.15) is 12.6 Å². The molecule has 0 aliphatic heterocycles. The number of nitrogens with zero attached hydrogens (tertiary/aromatic N) is 2. The summed E-state index contributed by atoms with van der Waals surface area (Å²) in [6.45, 7) is 5.19. The molecule has 104 valence electrons. The lowest BCUT2D eigenvalue weighted by Gasteiger charge is -2.11. The number of ether oxygens (including phenoxy) is 2. The third-order valence-electron chi connectivity index (χ3n) is 2.34. The van der Waals surface area contributed by atoms with E-state index in [0.29, 0.717) is 39.5 Å². The molecule has 1 heterocycles. The number of aryl methyl sites for hydroxylation is 1. The minimum absolute atomic E-state index is 0.322. The van der Waals surface area contributed by atoms with Crippen molar-refractivity contribution >= 4 is 0 Å². The van der Waals surface area contributed by atoms with Crippen molar-refractivity contribution in [2.75, 3.05) is 33.0 Å². The molecule has 0 fully saturated rings. The Morgan fingerprint density at radius 1 is 1.44 bits per heavy atom. The highest BCUT2D eigenvalue weighted by molar-refractivity contribution is 4.97. The topological polar surface area (TPSA) is 68.5 Å². The third-order valence-corrected chi connectivity index (χ3v) is 2.34. The summed E-state index contributed by atoms with van der Waals surface area (Å²) in [7, 11) is 1.88. The first kappa shape index (κ1) is 15.1. The predicted octanol–water partition coefficient (Wildman–Crippen LogP) is -0.0763. The molecule has 6 nitrogen and oxygen atoms in total. The zero-order valence-electron chi connectivity index (χ0n) is 11.1. The van der Waals surface area contributed by atoms with E-state index >= 15 is 0 Å². The normalized spacial score (nSPS) is 12.8. The number of hydrogen-bond donors (Lipinski definition) is 2. The second-order valence-corrected chi connectivity index (χ2v) is 4.04. The number of aromatic nitrogens is 2. The van der Waals surface area contributed by atoms with E-state index in [9.17, 15) is 5.11 Å². The van der Waals surface area contributed by atoms with E-state index in [2.05, 4.69) is 10.4 Å². The Morgan fingerprint density at radius 3 is 2.89 bits per heavy atom. The Kier molecular flexibility index (Phi) is 7.59. The lowest BCUT2D eigenvalue weighted by molar-refractivity contribution is 0.00640. The molecule has 0 aliphatic rings. The molecule has 18 heavy (non-hydrogen) atoms. The van der Waals surface area contributed by atoms with Crippen molar-refractivity contribution in [3.63, 3.8) is 0 Å². The highest BCUT2D eigenvalue weighted by Gasteiger charge is 2.04. The maximum absolute atomic E-state index is 9.63. The summed E-state index contributed by atoms with van der Waals surface area (Å²) in [5.74, 6) is 0. The predicted molar refractivity (Wildman–Crippen MR) is 68.2 cm³/mol. The largest absolute Gasteiger partial charge is 0.389 e. The standard InChI is InChI=1S/C12H23N3O3/c1-3-17-6-7-18-10-12(16)9-13-8-11-4-5-15(2)14-11/h4-5,12-13,16H,3,6-10H2,1-2H3. The highest BCUT2D eigenvalue weighted by atomic mass is 16.5.